The summed E-state index contributed by atoms with van der Waals surface area (Å²) in [6, 6.07) is 0. The van der Waals surface area contributed by atoms with E-state index in [1.54, 1.807) is 0 Å². The molecule has 0 radical (unpaired) electrons. The zero-order valence-corrected chi connectivity index (χ0v) is 10.9. The van der Waals surface area contributed by atoms with Gasteiger partial charge in [0.15, 0.2) is 0 Å². The summed E-state index contributed by atoms with van der Waals surface area (Å²) in [4.78, 5) is 13.6. The molecule has 1 rings (SSSR count). The molecule has 4 nitrogen and oxygen atoms in total. The zero-order chi connectivity index (χ0) is 12.2. The maximum absolute atomic E-state index is 11.3. The molecular formula is C12H24N2O2. The first-order valence-electron chi connectivity index (χ1n) is 6.04. The highest BCUT2D eigenvalue weighted by molar-refractivity contribution is 5.71. The van der Waals surface area contributed by atoms with E-state index in [2.05, 4.69) is 24.3 Å². The molecule has 0 aliphatic heterocycles. The summed E-state index contributed by atoms with van der Waals surface area (Å²) in [5.74, 6) is -0.164. The van der Waals surface area contributed by atoms with E-state index >= 15 is 0 Å². The zero-order valence-electron chi connectivity index (χ0n) is 10.9. The van der Waals surface area contributed by atoms with Gasteiger partial charge in [-0.15, -0.1) is 0 Å². The molecule has 0 atom stereocenters. The molecule has 16 heavy (non-hydrogen) atoms. The lowest BCUT2D eigenvalue weighted by molar-refractivity contribution is -0.146. The molecule has 0 heterocycles. The van der Waals surface area contributed by atoms with Gasteiger partial charge in [0.2, 0.25) is 0 Å². The molecule has 0 saturated heterocycles. The van der Waals surface area contributed by atoms with Crippen LogP contribution in [0.25, 0.3) is 0 Å². The van der Waals surface area contributed by atoms with Crippen LogP contribution in [-0.4, -0.2) is 49.7 Å². The molecule has 0 unspecified atom stereocenters. The van der Waals surface area contributed by atoms with Crippen molar-refractivity contribution in [3.63, 3.8) is 0 Å². The lowest BCUT2D eigenvalue weighted by Crippen LogP contribution is -2.56. The summed E-state index contributed by atoms with van der Waals surface area (Å²) in [6.07, 6.45) is 3.69. The Bertz CT molecular complexity index is 235. The smallest absolute Gasteiger partial charge is 0.320 e. The number of likely N-dealkylation sites (N-methyl/N-ethyl adjacent to an activating group) is 1. The van der Waals surface area contributed by atoms with Crippen LogP contribution in [0.1, 0.15) is 33.1 Å². The second-order valence-corrected chi connectivity index (χ2v) is 5.11. The standard InChI is InChI=1S/C12H24N2O2/c1-10(2)16-11(15)8-13-9-12(14(3)4)6-5-7-12/h10,13H,5-9H2,1-4H3. The number of hydrogen-bond acceptors (Lipinski definition) is 4. The summed E-state index contributed by atoms with van der Waals surface area (Å²) in [5, 5.41) is 3.20. The van der Waals surface area contributed by atoms with Crippen molar-refractivity contribution >= 4 is 5.97 Å². The van der Waals surface area contributed by atoms with Crippen molar-refractivity contribution in [3.8, 4) is 0 Å². The molecule has 0 spiro atoms. The van der Waals surface area contributed by atoms with Crippen molar-refractivity contribution in [2.24, 2.45) is 0 Å². The summed E-state index contributed by atoms with van der Waals surface area (Å²) < 4.78 is 5.06. The number of rotatable bonds is 6. The minimum absolute atomic E-state index is 0.0270. The Balaban J connectivity index is 2.22. The van der Waals surface area contributed by atoms with Crippen LogP contribution in [-0.2, 0) is 9.53 Å². The van der Waals surface area contributed by atoms with Gasteiger partial charge in [0.25, 0.3) is 0 Å². The van der Waals surface area contributed by atoms with Gasteiger partial charge < -0.3 is 15.0 Å². The van der Waals surface area contributed by atoms with Crippen molar-refractivity contribution in [2.75, 3.05) is 27.2 Å². The van der Waals surface area contributed by atoms with Crippen LogP contribution in [0, 0.1) is 0 Å². The number of hydrogen-bond donors (Lipinski definition) is 1. The fourth-order valence-corrected chi connectivity index (χ4v) is 2.07. The largest absolute Gasteiger partial charge is 0.462 e. The first-order valence-corrected chi connectivity index (χ1v) is 6.04. The summed E-state index contributed by atoms with van der Waals surface area (Å²) >= 11 is 0. The summed E-state index contributed by atoms with van der Waals surface area (Å²) in [6.45, 7) is 4.91. The van der Waals surface area contributed by atoms with E-state index in [0.717, 1.165) is 6.54 Å². The first-order chi connectivity index (χ1) is 7.46. The van der Waals surface area contributed by atoms with Gasteiger partial charge in [-0.2, -0.15) is 0 Å². The van der Waals surface area contributed by atoms with Gasteiger partial charge in [0.05, 0.1) is 12.6 Å². The van der Waals surface area contributed by atoms with Crippen molar-refractivity contribution in [1.29, 1.82) is 0 Å². The number of ether oxygens (including phenoxy) is 1. The average Bonchev–Trinajstić information content (AvgIpc) is 2.07. The minimum Gasteiger partial charge on any atom is -0.462 e. The number of nitrogens with zero attached hydrogens (tertiary/aromatic N) is 1. The fourth-order valence-electron chi connectivity index (χ4n) is 2.07. The van der Waals surface area contributed by atoms with Crippen LogP contribution < -0.4 is 5.32 Å². The van der Waals surface area contributed by atoms with Crippen molar-refractivity contribution in [1.82, 2.24) is 10.2 Å². The Morgan fingerprint density at radius 1 is 1.44 bits per heavy atom. The number of carbonyl (C=O) groups is 1. The SMILES string of the molecule is CC(C)OC(=O)CNCC1(N(C)C)CCC1. The van der Waals surface area contributed by atoms with Gasteiger partial charge in [-0.25, -0.2) is 0 Å². The highest BCUT2D eigenvalue weighted by atomic mass is 16.5. The Kier molecular flexibility index (Phi) is 4.74. The summed E-state index contributed by atoms with van der Waals surface area (Å²) in [5.41, 5.74) is 0.262. The lowest BCUT2D eigenvalue weighted by atomic mass is 9.75. The van der Waals surface area contributed by atoms with Gasteiger partial charge in [-0.3, -0.25) is 4.79 Å². The highest BCUT2D eigenvalue weighted by Crippen LogP contribution is 2.35. The first kappa shape index (κ1) is 13.5. The molecule has 0 aromatic carbocycles. The normalized spacial score (nSPS) is 18.6. The topological polar surface area (TPSA) is 41.6 Å². The van der Waals surface area contributed by atoms with Crippen molar-refractivity contribution in [3.05, 3.63) is 0 Å². The van der Waals surface area contributed by atoms with Crippen LogP contribution in [0.15, 0.2) is 0 Å². The number of carbonyl (C=O) groups excluding carboxylic acids is 1. The Morgan fingerprint density at radius 3 is 2.44 bits per heavy atom. The van der Waals surface area contributed by atoms with Crippen LogP contribution in [0.2, 0.25) is 0 Å². The van der Waals surface area contributed by atoms with Gasteiger partial charge in [-0.05, 0) is 47.2 Å². The van der Waals surface area contributed by atoms with E-state index in [9.17, 15) is 4.79 Å². The third kappa shape index (κ3) is 3.46. The third-order valence-electron chi connectivity index (χ3n) is 3.32. The van der Waals surface area contributed by atoms with E-state index < -0.39 is 0 Å². The third-order valence-corrected chi connectivity index (χ3v) is 3.32. The van der Waals surface area contributed by atoms with E-state index in [0.29, 0.717) is 6.54 Å². The molecule has 94 valence electrons. The van der Waals surface area contributed by atoms with Crippen molar-refractivity contribution in [2.45, 2.75) is 44.8 Å². The lowest BCUT2D eigenvalue weighted by Gasteiger charge is -2.47. The van der Waals surface area contributed by atoms with E-state index in [4.69, 9.17) is 4.74 Å². The molecule has 0 bridgehead atoms. The quantitative estimate of drug-likeness (QED) is 0.689. The minimum atomic E-state index is -0.164. The predicted octanol–water partition coefficient (Wildman–Crippen LogP) is 1.01. The van der Waals surface area contributed by atoms with E-state index in [1.807, 2.05) is 13.8 Å². The average molecular weight is 228 g/mol. The summed E-state index contributed by atoms with van der Waals surface area (Å²) in [7, 11) is 4.21. The highest BCUT2D eigenvalue weighted by Gasteiger charge is 2.38. The van der Waals surface area contributed by atoms with Gasteiger partial charge in [0.1, 0.15) is 0 Å². The predicted molar refractivity (Wildman–Crippen MR) is 64.4 cm³/mol. The molecule has 4 heteroatoms. The fraction of sp³-hybridized carbons (Fsp3) is 0.917. The maximum Gasteiger partial charge on any atom is 0.320 e. The van der Waals surface area contributed by atoms with Crippen LogP contribution >= 0.6 is 0 Å². The van der Waals surface area contributed by atoms with E-state index in [-0.39, 0.29) is 17.6 Å². The maximum atomic E-state index is 11.3. The van der Waals surface area contributed by atoms with Crippen molar-refractivity contribution < 1.29 is 9.53 Å². The molecule has 0 aromatic rings. The van der Waals surface area contributed by atoms with E-state index in [1.165, 1.54) is 19.3 Å². The molecule has 0 aromatic heterocycles. The molecule has 0 amide bonds. The Hall–Kier alpha value is -0.610. The molecular weight excluding hydrogens is 204 g/mol. The second kappa shape index (κ2) is 5.64. The number of nitrogens with one attached hydrogen (secondary N) is 1. The molecule has 1 saturated carbocycles. The molecule has 1 fully saturated rings. The second-order valence-electron chi connectivity index (χ2n) is 5.11. The van der Waals surface area contributed by atoms with Gasteiger partial charge >= 0.3 is 5.97 Å². The van der Waals surface area contributed by atoms with Gasteiger partial charge in [-0.1, -0.05) is 0 Å². The van der Waals surface area contributed by atoms with Crippen LogP contribution in [0.3, 0.4) is 0 Å². The number of esters is 1. The monoisotopic (exact) mass is 228 g/mol. The molecule has 1 N–H and O–H groups in total. The van der Waals surface area contributed by atoms with Crippen LogP contribution in [0.4, 0.5) is 0 Å². The Labute approximate surface area is 98.3 Å². The Morgan fingerprint density at radius 2 is 2.06 bits per heavy atom. The molecule has 1 aliphatic rings. The molecule has 1 aliphatic carbocycles. The van der Waals surface area contributed by atoms with Gasteiger partial charge in [0, 0.05) is 12.1 Å². The van der Waals surface area contributed by atoms with Crippen LogP contribution in [0.5, 0.6) is 0 Å².